The summed E-state index contributed by atoms with van der Waals surface area (Å²) in [6.07, 6.45) is 13.6. The topological polar surface area (TPSA) is 0 Å². The molecule has 0 amide bonds. The molecular weight excluding hydrogens is 216 g/mol. The maximum absolute atomic E-state index is 2.53. The zero-order valence-electron chi connectivity index (χ0n) is 11.4. The normalized spacial score (nSPS) is 28.7. The van der Waals surface area contributed by atoms with Crippen molar-refractivity contribution < 1.29 is 0 Å². The number of hydrogen-bond donors (Lipinski definition) is 0. The molecule has 0 spiro atoms. The van der Waals surface area contributed by atoms with E-state index in [-0.39, 0.29) is 0 Å². The van der Waals surface area contributed by atoms with Gasteiger partial charge in [-0.15, -0.1) is 0 Å². The van der Waals surface area contributed by atoms with Crippen LogP contribution in [-0.4, -0.2) is 0 Å². The lowest BCUT2D eigenvalue weighted by Gasteiger charge is -2.17. The summed E-state index contributed by atoms with van der Waals surface area (Å²) >= 11 is 0. The molecule has 2 fully saturated rings. The molecule has 0 radical (unpaired) electrons. The van der Waals surface area contributed by atoms with Crippen molar-refractivity contribution in [1.82, 2.24) is 0 Å². The first kappa shape index (κ1) is 12.0. The number of rotatable bonds is 3. The fraction of sp³-hybridized carbons (Fsp3) is 0.556. The molecule has 0 heterocycles. The van der Waals surface area contributed by atoms with Crippen LogP contribution in [0.25, 0.3) is 0 Å². The van der Waals surface area contributed by atoms with Gasteiger partial charge in [-0.05, 0) is 49.5 Å². The third-order valence-corrected chi connectivity index (χ3v) is 4.63. The molecule has 0 unspecified atom stereocenters. The van der Waals surface area contributed by atoms with Crippen LogP contribution in [0.15, 0.2) is 36.4 Å². The highest BCUT2D eigenvalue weighted by atomic mass is 14.4. The van der Waals surface area contributed by atoms with Gasteiger partial charge in [-0.1, -0.05) is 61.2 Å². The third-order valence-electron chi connectivity index (χ3n) is 4.63. The van der Waals surface area contributed by atoms with Crippen LogP contribution in [0.2, 0.25) is 0 Å². The van der Waals surface area contributed by atoms with Crippen molar-refractivity contribution in [2.24, 2.45) is 11.8 Å². The third kappa shape index (κ3) is 2.85. The van der Waals surface area contributed by atoms with Gasteiger partial charge < -0.3 is 0 Å². The first-order valence-electron chi connectivity index (χ1n) is 7.58. The number of benzene rings is 1. The average Bonchev–Trinajstić information content (AvgIpc) is 3.18. The minimum absolute atomic E-state index is 0.811. The van der Waals surface area contributed by atoms with Crippen LogP contribution in [0.4, 0.5) is 0 Å². The van der Waals surface area contributed by atoms with Crippen LogP contribution in [0.3, 0.4) is 0 Å². The maximum Gasteiger partial charge on any atom is -0.00930 e. The molecule has 0 aliphatic heterocycles. The van der Waals surface area contributed by atoms with E-state index in [1.165, 1.54) is 44.1 Å². The summed E-state index contributed by atoms with van der Waals surface area (Å²) in [7, 11) is 0. The summed E-state index contributed by atoms with van der Waals surface area (Å²) in [5.74, 6) is 2.53. The SMILES string of the molecule is Cc1ccc([C@@H]2C[C@@H]2/C=C/C2CCCCC2)cc1. The summed E-state index contributed by atoms with van der Waals surface area (Å²) in [4.78, 5) is 0. The van der Waals surface area contributed by atoms with E-state index in [0.717, 1.165) is 17.8 Å². The Morgan fingerprint density at radius 2 is 1.67 bits per heavy atom. The van der Waals surface area contributed by atoms with Gasteiger partial charge in [0, 0.05) is 0 Å². The van der Waals surface area contributed by atoms with E-state index >= 15 is 0 Å². The minimum atomic E-state index is 0.811. The van der Waals surface area contributed by atoms with Gasteiger partial charge in [0.05, 0.1) is 0 Å². The largest absolute Gasteiger partial charge is 0.0851 e. The molecule has 2 aliphatic carbocycles. The Morgan fingerprint density at radius 1 is 0.944 bits per heavy atom. The Hall–Kier alpha value is -1.04. The van der Waals surface area contributed by atoms with Crippen LogP contribution in [-0.2, 0) is 0 Å². The van der Waals surface area contributed by atoms with Gasteiger partial charge in [-0.25, -0.2) is 0 Å². The average molecular weight is 240 g/mol. The molecule has 0 N–H and O–H groups in total. The van der Waals surface area contributed by atoms with Gasteiger partial charge >= 0.3 is 0 Å². The summed E-state index contributed by atoms with van der Waals surface area (Å²) in [6.45, 7) is 2.16. The maximum atomic E-state index is 2.53. The van der Waals surface area contributed by atoms with E-state index in [2.05, 4.69) is 43.3 Å². The minimum Gasteiger partial charge on any atom is -0.0851 e. The Balaban J connectivity index is 1.54. The number of allylic oxidation sites excluding steroid dienone is 2. The highest BCUT2D eigenvalue weighted by Gasteiger charge is 2.35. The molecule has 0 bridgehead atoms. The van der Waals surface area contributed by atoms with Crippen LogP contribution < -0.4 is 0 Å². The molecule has 0 heteroatoms. The molecule has 0 saturated heterocycles. The number of hydrogen-bond acceptors (Lipinski definition) is 0. The van der Waals surface area contributed by atoms with E-state index < -0.39 is 0 Å². The molecule has 2 aliphatic rings. The van der Waals surface area contributed by atoms with Gasteiger partial charge in [0.1, 0.15) is 0 Å². The molecule has 96 valence electrons. The second-order valence-electron chi connectivity index (χ2n) is 6.20. The van der Waals surface area contributed by atoms with Crippen molar-refractivity contribution in [2.45, 2.75) is 51.4 Å². The van der Waals surface area contributed by atoms with Crippen molar-refractivity contribution in [3.63, 3.8) is 0 Å². The summed E-state index contributed by atoms with van der Waals surface area (Å²) in [6, 6.07) is 9.12. The summed E-state index contributed by atoms with van der Waals surface area (Å²) < 4.78 is 0. The van der Waals surface area contributed by atoms with Gasteiger partial charge in [0.25, 0.3) is 0 Å². The number of aryl methyl sites for hydroxylation is 1. The lowest BCUT2D eigenvalue weighted by Crippen LogP contribution is -2.02. The van der Waals surface area contributed by atoms with Crippen LogP contribution in [0.1, 0.15) is 55.6 Å². The smallest absolute Gasteiger partial charge is 0.00930 e. The first-order valence-corrected chi connectivity index (χ1v) is 7.58. The Kier molecular flexibility index (Phi) is 3.54. The van der Waals surface area contributed by atoms with E-state index in [0.29, 0.717) is 0 Å². The Morgan fingerprint density at radius 3 is 2.39 bits per heavy atom. The van der Waals surface area contributed by atoms with E-state index in [1.54, 1.807) is 5.56 Å². The monoisotopic (exact) mass is 240 g/mol. The fourth-order valence-corrected chi connectivity index (χ4v) is 3.25. The van der Waals surface area contributed by atoms with E-state index in [1.807, 2.05) is 0 Å². The molecule has 3 rings (SSSR count). The van der Waals surface area contributed by atoms with Crippen molar-refractivity contribution >= 4 is 0 Å². The van der Waals surface area contributed by atoms with Gasteiger partial charge in [-0.3, -0.25) is 0 Å². The van der Waals surface area contributed by atoms with E-state index in [9.17, 15) is 0 Å². The molecular formula is C18H24. The van der Waals surface area contributed by atoms with Gasteiger partial charge in [0.2, 0.25) is 0 Å². The zero-order valence-corrected chi connectivity index (χ0v) is 11.4. The molecule has 1 aromatic carbocycles. The van der Waals surface area contributed by atoms with Crippen molar-refractivity contribution in [1.29, 1.82) is 0 Å². The molecule has 2 atom stereocenters. The zero-order chi connectivity index (χ0) is 12.4. The van der Waals surface area contributed by atoms with Crippen LogP contribution in [0.5, 0.6) is 0 Å². The predicted molar refractivity (Wildman–Crippen MR) is 77.7 cm³/mol. The molecule has 2 saturated carbocycles. The second-order valence-corrected chi connectivity index (χ2v) is 6.20. The molecule has 1 aromatic rings. The van der Waals surface area contributed by atoms with E-state index in [4.69, 9.17) is 0 Å². The summed E-state index contributed by atoms with van der Waals surface area (Å²) in [5.41, 5.74) is 2.91. The molecule has 0 nitrogen and oxygen atoms in total. The summed E-state index contributed by atoms with van der Waals surface area (Å²) in [5, 5.41) is 0. The van der Waals surface area contributed by atoms with Crippen LogP contribution in [0, 0.1) is 18.8 Å². The standard InChI is InChI=1S/C18H24/c1-14-7-10-16(11-8-14)18-13-17(18)12-9-15-5-3-2-4-6-15/h7-12,15,17-18H,2-6,13H2,1H3/b12-9+/t17-,18-/m0/s1. The van der Waals surface area contributed by atoms with Gasteiger partial charge in [0.15, 0.2) is 0 Å². The van der Waals surface area contributed by atoms with Crippen molar-refractivity contribution in [3.05, 3.63) is 47.5 Å². The predicted octanol–water partition coefficient (Wildman–Crippen LogP) is 5.24. The highest BCUT2D eigenvalue weighted by molar-refractivity contribution is 5.30. The Labute approximate surface area is 111 Å². The second kappa shape index (κ2) is 5.30. The van der Waals surface area contributed by atoms with Gasteiger partial charge in [-0.2, -0.15) is 0 Å². The van der Waals surface area contributed by atoms with Crippen molar-refractivity contribution in [2.75, 3.05) is 0 Å². The van der Waals surface area contributed by atoms with Crippen molar-refractivity contribution in [3.8, 4) is 0 Å². The fourth-order valence-electron chi connectivity index (χ4n) is 3.25. The lowest BCUT2D eigenvalue weighted by molar-refractivity contribution is 0.418. The Bertz CT molecular complexity index is 406. The molecule has 18 heavy (non-hydrogen) atoms. The lowest BCUT2D eigenvalue weighted by atomic mass is 9.89. The molecule has 0 aromatic heterocycles. The quantitative estimate of drug-likeness (QED) is 0.634. The highest BCUT2D eigenvalue weighted by Crippen LogP contribution is 2.48. The first-order chi connectivity index (χ1) is 8.83. The van der Waals surface area contributed by atoms with Crippen LogP contribution >= 0.6 is 0 Å².